The molecule has 4 heteroatoms. The number of hydrogen-bond acceptors (Lipinski definition) is 4. The zero-order valence-electron chi connectivity index (χ0n) is 12.4. The number of morpholine rings is 1. The normalized spacial score (nSPS) is 20.7. The minimum atomic E-state index is 0.0372. The van der Waals surface area contributed by atoms with Crippen LogP contribution in [0.5, 0.6) is 0 Å². The molecule has 19 heavy (non-hydrogen) atoms. The summed E-state index contributed by atoms with van der Waals surface area (Å²) in [5, 5.41) is 0. The van der Waals surface area contributed by atoms with Gasteiger partial charge in [0.05, 0.1) is 19.3 Å². The molecule has 1 aliphatic rings. The number of nitrogens with two attached hydrogens (primary N) is 1. The van der Waals surface area contributed by atoms with E-state index in [9.17, 15) is 0 Å². The first-order valence-corrected chi connectivity index (χ1v) is 6.97. The van der Waals surface area contributed by atoms with Gasteiger partial charge in [-0.15, -0.1) is 0 Å². The topological polar surface area (TPSA) is 51.4 Å². The Bertz CT molecular complexity index is 440. The molecular weight excluding hydrogens is 238 g/mol. The van der Waals surface area contributed by atoms with Gasteiger partial charge in [0.25, 0.3) is 0 Å². The summed E-state index contributed by atoms with van der Waals surface area (Å²) in [6, 6.07) is 4.59. The Labute approximate surface area is 116 Å². The second-order valence-corrected chi connectivity index (χ2v) is 6.29. The summed E-state index contributed by atoms with van der Waals surface area (Å²) in [6.45, 7) is 11.7. The molecule has 0 aliphatic carbocycles. The lowest BCUT2D eigenvalue weighted by Crippen LogP contribution is -2.44. The molecule has 106 valence electrons. The van der Waals surface area contributed by atoms with Gasteiger partial charge in [0.15, 0.2) is 0 Å². The van der Waals surface area contributed by atoms with Crippen LogP contribution >= 0.6 is 0 Å². The molecule has 1 aliphatic heterocycles. The molecule has 2 rings (SSSR count). The largest absolute Gasteiger partial charge is 0.377 e. The van der Waals surface area contributed by atoms with Crippen LogP contribution in [-0.4, -0.2) is 30.8 Å². The minimum absolute atomic E-state index is 0.0372. The standard InChI is InChI=1S/C15H25N3O/c1-11-10-19-6-5-18(11)14-8-12(9-16)7-13(17-14)15(2,3)4/h7-8,11H,5-6,9-10,16H2,1-4H3. The molecule has 0 saturated carbocycles. The average Bonchev–Trinajstić information content (AvgIpc) is 2.37. The number of hydrogen-bond donors (Lipinski definition) is 1. The highest BCUT2D eigenvalue weighted by molar-refractivity contribution is 5.45. The monoisotopic (exact) mass is 263 g/mol. The third kappa shape index (κ3) is 3.25. The first-order chi connectivity index (χ1) is 8.91. The molecule has 0 bridgehead atoms. The van der Waals surface area contributed by atoms with Crippen molar-refractivity contribution >= 4 is 5.82 Å². The van der Waals surface area contributed by atoms with E-state index >= 15 is 0 Å². The van der Waals surface area contributed by atoms with Gasteiger partial charge < -0.3 is 15.4 Å². The highest BCUT2D eigenvalue weighted by Crippen LogP contribution is 2.26. The zero-order chi connectivity index (χ0) is 14.0. The van der Waals surface area contributed by atoms with Crippen LogP contribution in [0.25, 0.3) is 0 Å². The van der Waals surface area contributed by atoms with E-state index in [4.69, 9.17) is 15.5 Å². The molecular formula is C15H25N3O. The fourth-order valence-corrected chi connectivity index (χ4v) is 2.29. The van der Waals surface area contributed by atoms with Crippen molar-refractivity contribution in [3.8, 4) is 0 Å². The maximum Gasteiger partial charge on any atom is 0.129 e. The Balaban J connectivity index is 2.39. The molecule has 1 fully saturated rings. The van der Waals surface area contributed by atoms with E-state index in [1.165, 1.54) is 0 Å². The van der Waals surface area contributed by atoms with E-state index in [2.05, 4.69) is 44.7 Å². The maximum atomic E-state index is 5.82. The van der Waals surface area contributed by atoms with E-state index in [0.717, 1.165) is 36.8 Å². The fraction of sp³-hybridized carbons (Fsp3) is 0.667. The van der Waals surface area contributed by atoms with Crippen molar-refractivity contribution < 1.29 is 4.74 Å². The van der Waals surface area contributed by atoms with Crippen LogP contribution in [0.1, 0.15) is 39.0 Å². The average molecular weight is 263 g/mol. The molecule has 4 nitrogen and oxygen atoms in total. The van der Waals surface area contributed by atoms with Crippen molar-refractivity contribution in [3.05, 3.63) is 23.4 Å². The Morgan fingerprint density at radius 2 is 2.16 bits per heavy atom. The molecule has 1 atom stereocenters. The summed E-state index contributed by atoms with van der Waals surface area (Å²) in [6.07, 6.45) is 0. The number of nitrogens with zero attached hydrogens (tertiary/aromatic N) is 2. The van der Waals surface area contributed by atoms with Crippen molar-refractivity contribution in [2.24, 2.45) is 5.73 Å². The van der Waals surface area contributed by atoms with E-state index in [0.29, 0.717) is 12.6 Å². The van der Waals surface area contributed by atoms with Gasteiger partial charge in [0.2, 0.25) is 0 Å². The number of rotatable bonds is 2. The van der Waals surface area contributed by atoms with Crippen LogP contribution in [0.3, 0.4) is 0 Å². The van der Waals surface area contributed by atoms with Crippen LogP contribution in [-0.2, 0) is 16.7 Å². The van der Waals surface area contributed by atoms with Crippen molar-refractivity contribution in [2.45, 2.75) is 45.7 Å². The molecule has 1 saturated heterocycles. The molecule has 1 aromatic heterocycles. The molecule has 0 spiro atoms. The predicted molar refractivity (Wildman–Crippen MR) is 78.5 cm³/mol. The molecule has 0 aromatic carbocycles. The van der Waals surface area contributed by atoms with E-state index < -0.39 is 0 Å². The van der Waals surface area contributed by atoms with Gasteiger partial charge in [0, 0.05) is 24.2 Å². The van der Waals surface area contributed by atoms with Gasteiger partial charge >= 0.3 is 0 Å². The summed E-state index contributed by atoms with van der Waals surface area (Å²) in [7, 11) is 0. The summed E-state index contributed by atoms with van der Waals surface area (Å²) < 4.78 is 5.49. The van der Waals surface area contributed by atoms with Crippen LogP contribution in [0, 0.1) is 0 Å². The van der Waals surface area contributed by atoms with Gasteiger partial charge in [-0.1, -0.05) is 20.8 Å². The number of ether oxygens (including phenoxy) is 1. The van der Waals surface area contributed by atoms with Crippen molar-refractivity contribution in [1.29, 1.82) is 0 Å². The summed E-state index contributed by atoms with van der Waals surface area (Å²) in [5.74, 6) is 1.03. The van der Waals surface area contributed by atoms with E-state index in [-0.39, 0.29) is 5.41 Å². The quantitative estimate of drug-likeness (QED) is 0.887. The lowest BCUT2D eigenvalue weighted by Gasteiger charge is -2.35. The van der Waals surface area contributed by atoms with Gasteiger partial charge in [0.1, 0.15) is 5.82 Å². The second kappa shape index (κ2) is 5.47. The van der Waals surface area contributed by atoms with Crippen LogP contribution < -0.4 is 10.6 Å². The van der Waals surface area contributed by atoms with Gasteiger partial charge in [-0.25, -0.2) is 4.98 Å². The number of anilines is 1. The summed E-state index contributed by atoms with van der Waals surface area (Å²) in [4.78, 5) is 7.16. The van der Waals surface area contributed by atoms with E-state index in [1.54, 1.807) is 0 Å². The first kappa shape index (κ1) is 14.3. The van der Waals surface area contributed by atoms with Gasteiger partial charge in [-0.3, -0.25) is 0 Å². The lowest BCUT2D eigenvalue weighted by molar-refractivity contribution is 0.0985. The number of pyridine rings is 1. The Kier molecular flexibility index (Phi) is 4.11. The Hall–Kier alpha value is -1.13. The van der Waals surface area contributed by atoms with Crippen LogP contribution in [0.2, 0.25) is 0 Å². The van der Waals surface area contributed by atoms with E-state index in [1.807, 2.05) is 0 Å². The highest BCUT2D eigenvalue weighted by Gasteiger charge is 2.23. The predicted octanol–water partition coefficient (Wildman–Crippen LogP) is 2.06. The molecule has 1 unspecified atom stereocenters. The first-order valence-electron chi connectivity index (χ1n) is 6.97. The SMILES string of the molecule is CC1COCCN1c1cc(CN)cc(C(C)(C)C)n1. The third-order valence-corrected chi connectivity index (χ3v) is 3.54. The molecule has 2 N–H and O–H groups in total. The zero-order valence-corrected chi connectivity index (χ0v) is 12.4. The molecule has 0 amide bonds. The molecule has 0 radical (unpaired) electrons. The Morgan fingerprint density at radius 3 is 2.74 bits per heavy atom. The Morgan fingerprint density at radius 1 is 1.42 bits per heavy atom. The summed E-state index contributed by atoms with van der Waals surface area (Å²) in [5.41, 5.74) is 8.11. The highest BCUT2D eigenvalue weighted by atomic mass is 16.5. The van der Waals surface area contributed by atoms with Crippen molar-refractivity contribution in [1.82, 2.24) is 4.98 Å². The van der Waals surface area contributed by atoms with Crippen LogP contribution in [0.4, 0.5) is 5.82 Å². The molecule has 1 aromatic rings. The third-order valence-electron chi connectivity index (χ3n) is 3.54. The molecule has 2 heterocycles. The maximum absolute atomic E-state index is 5.82. The summed E-state index contributed by atoms with van der Waals surface area (Å²) >= 11 is 0. The van der Waals surface area contributed by atoms with Gasteiger partial charge in [-0.05, 0) is 24.6 Å². The van der Waals surface area contributed by atoms with Gasteiger partial charge in [-0.2, -0.15) is 0 Å². The van der Waals surface area contributed by atoms with Crippen LogP contribution in [0.15, 0.2) is 12.1 Å². The minimum Gasteiger partial charge on any atom is -0.377 e. The number of aromatic nitrogens is 1. The second-order valence-electron chi connectivity index (χ2n) is 6.29. The van der Waals surface area contributed by atoms with Crippen molar-refractivity contribution in [2.75, 3.05) is 24.7 Å². The lowest BCUT2D eigenvalue weighted by atomic mass is 9.90. The smallest absolute Gasteiger partial charge is 0.129 e. The van der Waals surface area contributed by atoms with Crippen molar-refractivity contribution in [3.63, 3.8) is 0 Å². The fourth-order valence-electron chi connectivity index (χ4n) is 2.29.